The molecule has 0 saturated carbocycles. The smallest absolute Gasteiger partial charge is 0.257 e. The van der Waals surface area contributed by atoms with Crippen molar-refractivity contribution in [3.8, 4) is 0 Å². The molecule has 1 fully saturated rings. The molecular formula is C24H29N3O2. The van der Waals surface area contributed by atoms with Crippen molar-refractivity contribution in [2.75, 3.05) is 32.8 Å². The molecule has 0 unspecified atom stereocenters. The molecule has 5 heteroatoms. The molecule has 1 saturated heterocycles. The second kappa shape index (κ2) is 8.47. The number of aryl methyl sites for hydroxylation is 3. The third kappa shape index (κ3) is 4.41. The first kappa shape index (κ1) is 19.8. The number of carbonyl (C=O) groups excluding carboxylic acids is 1. The van der Waals surface area contributed by atoms with Crippen molar-refractivity contribution >= 4 is 11.6 Å². The first-order valence-corrected chi connectivity index (χ1v) is 10.3. The van der Waals surface area contributed by atoms with E-state index in [-0.39, 0.29) is 11.9 Å². The fourth-order valence-electron chi connectivity index (χ4n) is 4.12. The Morgan fingerprint density at radius 1 is 1.07 bits per heavy atom. The molecule has 0 radical (unpaired) electrons. The average molecular weight is 392 g/mol. The number of benzene rings is 2. The second-order valence-corrected chi connectivity index (χ2v) is 8.12. The Balaban J connectivity index is 1.65. The lowest BCUT2D eigenvalue weighted by Crippen LogP contribution is -2.43. The predicted octanol–water partition coefficient (Wildman–Crippen LogP) is 3.62. The van der Waals surface area contributed by atoms with Crippen molar-refractivity contribution < 1.29 is 9.53 Å². The van der Waals surface area contributed by atoms with Gasteiger partial charge in [0.15, 0.2) is 0 Å². The highest BCUT2D eigenvalue weighted by Gasteiger charge is 2.34. The number of hydrogen-bond acceptors (Lipinski definition) is 4. The molecule has 152 valence electrons. The molecule has 4 rings (SSSR count). The normalized spacial score (nSPS) is 20.0. The van der Waals surface area contributed by atoms with Gasteiger partial charge in [-0.15, -0.1) is 0 Å². The van der Waals surface area contributed by atoms with Gasteiger partial charge in [-0.3, -0.25) is 9.69 Å². The molecular weight excluding hydrogens is 362 g/mol. The van der Waals surface area contributed by atoms with Crippen molar-refractivity contribution in [3.63, 3.8) is 0 Å². The molecule has 0 bridgehead atoms. The van der Waals surface area contributed by atoms with Crippen LogP contribution >= 0.6 is 0 Å². The zero-order valence-electron chi connectivity index (χ0n) is 17.5. The van der Waals surface area contributed by atoms with E-state index in [9.17, 15) is 4.79 Å². The Kier molecular flexibility index (Phi) is 5.79. The summed E-state index contributed by atoms with van der Waals surface area (Å²) in [5.41, 5.74) is 6.87. The van der Waals surface area contributed by atoms with Crippen LogP contribution in [0.3, 0.4) is 0 Å². The summed E-state index contributed by atoms with van der Waals surface area (Å²) in [4.78, 5) is 15.4. The van der Waals surface area contributed by atoms with Gasteiger partial charge in [0.05, 0.1) is 31.5 Å². The molecule has 1 amide bonds. The van der Waals surface area contributed by atoms with Crippen molar-refractivity contribution in [3.05, 3.63) is 70.3 Å². The topological polar surface area (TPSA) is 45.1 Å². The molecule has 0 aromatic heterocycles. The lowest BCUT2D eigenvalue weighted by atomic mass is 9.93. The Morgan fingerprint density at radius 3 is 2.59 bits per heavy atom. The van der Waals surface area contributed by atoms with E-state index in [1.165, 1.54) is 22.3 Å². The lowest BCUT2D eigenvalue weighted by molar-refractivity contribution is -0.135. The van der Waals surface area contributed by atoms with E-state index in [0.717, 1.165) is 30.8 Å². The summed E-state index contributed by atoms with van der Waals surface area (Å²) in [7, 11) is 0. The number of amides is 1. The molecule has 1 atom stereocenters. The fourth-order valence-corrected chi connectivity index (χ4v) is 4.12. The van der Waals surface area contributed by atoms with Gasteiger partial charge in [0, 0.05) is 19.5 Å². The van der Waals surface area contributed by atoms with Gasteiger partial charge >= 0.3 is 0 Å². The number of nitrogens with zero attached hydrogens (tertiary/aromatic N) is 3. The van der Waals surface area contributed by atoms with Gasteiger partial charge in [-0.05, 0) is 37.5 Å². The van der Waals surface area contributed by atoms with Crippen LogP contribution in [-0.4, -0.2) is 54.4 Å². The van der Waals surface area contributed by atoms with Gasteiger partial charge < -0.3 is 4.74 Å². The third-order valence-corrected chi connectivity index (χ3v) is 5.77. The fraction of sp³-hybridized carbons (Fsp3) is 0.417. The van der Waals surface area contributed by atoms with Crippen molar-refractivity contribution in [1.82, 2.24) is 9.91 Å². The minimum absolute atomic E-state index is 0.0560. The highest BCUT2D eigenvalue weighted by atomic mass is 16.5. The Bertz CT molecular complexity index is 931. The number of hydrogen-bond donors (Lipinski definition) is 0. The lowest BCUT2D eigenvalue weighted by Gasteiger charge is -2.29. The van der Waals surface area contributed by atoms with E-state index < -0.39 is 0 Å². The van der Waals surface area contributed by atoms with Crippen LogP contribution in [-0.2, 0) is 9.53 Å². The molecule has 2 heterocycles. The van der Waals surface area contributed by atoms with Gasteiger partial charge in [0.1, 0.15) is 0 Å². The third-order valence-electron chi connectivity index (χ3n) is 5.77. The summed E-state index contributed by atoms with van der Waals surface area (Å²) in [5, 5.41) is 6.57. The Morgan fingerprint density at radius 2 is 1.83 bits per heavy atom. The zero-order valence-corrected chi connectivity index (χ0v) is 17.5. The highest BCUT2D eigenvalue weighted by molar-refractivity contribution is 6.03. The van der Waals surface area contributed by atoms with E-state index in [4.69, 9.17) is 9.84 Å². The van der Waals surface area contributed by atoms with E-state index in [1.54, 1.807) is 5.01 Å². The number of ether oxygens (including phenoxy) is 1. The van der Waals surface area contributed by atoms with Gasteiger partial charge in [-0.25, -0.2) is 5.01 Å². The van der Waals surface area contributed by atoms with Crippen LogP contribution < -0.4 is 0 Å². The van der Waals surface area contributed by atoms with Gasteiger partial charge in [-0.1, -0.05) is 53.6 Å². The summed E-state index contributed by atoms with van der Waals surface area (Å²) >= 11 is 0. The molecule has 29 heavy (non-hydrogen) atoms. The van der Waals surface area contributed by atoms with E-state index in [1.807, 2.05) is 0 Å². The average Bonchev–Trinajstić information content (AvgIpc) is 3.16. The minimum atomic E-state index is -0.0565. The maximum absolute atomic E-state index is 13.3. The molecule has 2 aromatic carbocycles. The molecule has 0 aliphatic carbocycles. The molecule has 2 aliphatic rings. The largest absolute Gasteiger partial charge is 0.379 e. The summed E-state index contributed by atoms with van der Waals surface area (Å²) in [6, 6.07) is 14.8. The Hall–Kier alpha value is -2.50. The highest BCUT2D eigenvalue weighted by Crippen LogP contribution is 2.35. The SMILES string of the molecule is Cc1cccc(C2=NN(C(=O)CN3CCOCC3)[C@@H](c3cc(C)ccc3C)C2)c1. The van der Waals surface area contributed by atoms with Crippen LogP contribution in [0.15, 0.2) is 47.6 Å². The Labute approximate surface area is 173 Å². The number of carbonyl (C=O) groups is 1. The molecule has 2 aliphatic heterocycles. The van der Waals surface area contributed by atoms with Crippen LogP contribution in [0.1, 0.15) is 40.3 Å². The number of morpholine rings is 1. The molecule has 2 aromatic rings. The maximum atomic E-state index is 13.3. The maximum Gasteiger partial charge on any atom is 0.257 e. The summed E-state index contributed by atoms with van der Waals surface area (Å²) in [6.45, 7) is 9.64. The van der Waals surface area contributed by atoms with Crippen LogP contribution in [0.2, 0.25) is 0 Å². The van der Waals surface area contributed by atoms with Crippen molar-refractivity contribution in [2.24, 2.45) is 5.10 Å². The quantitative estimate of drug-likeness (QED) is 0.800. The first-order valence-electron chi connectivity index (χ1n) is 10.3. The van der Waals surface area contributed by atoms with E-state index in [2.05, 4.69) is 68.1 Å². The summed E-state index contributed by atoms with van der Waals surface area (Å²) < 4.78 is 5.42. The zero-order chi connectivity index (χ0) is 20.4. The van der Waals surface area contributed by atoms with Crippen LogP contribution in [0.5, 0.6) is 0 Å². The van der Waals surface area contributed by atoms with Crippen molar-refractivity contribution in [2.45, 2.75) is 33.2 Å². The summed E-state index contributed by atoms with van der Waals surface area (Å²) in [5.74, 6) is 0.0560. The number of rotatable bonds is 4. The summed E-state index contributed by atoms with van der Waals surface area (Å²) in [6.07, 6.45) is 0.739. The van der Waals surface area contributed by atoms with Crippen LogP contribution in [0.25, 0.3) is 0 Å². The van der Waals surface area contributed by atoms with E-state index >= 15 is 0 Å². The van der Waals surface area contributed by atoms with Crippen LogP contribution in [0.4, 0.5) is 0 Å². The van der Waals surface area contributed by atoms with Crippen molar-refractivity contribution in [1.29, 1.82) is 0 Å². The monoisotopic (exact) mass is 391 g/mol. The van der Waals surface area contributed by atoms with Gasteiger partial charge in [0.25, 0.3) is 5.91 Å². The molecule has 0 spiro atoms. The van der Waals surface area contributed by atoms with Gasteiger partial charge in [0.2, 0.25) is 0 Å². The molecule has 0 N–H and O–H groups in total. The van der Waals surface area contributed by atoms with E-state index in [0.29, 0.717) is 19.8 Å². The first-order chi connectivity index (χ1) is 14.0. The minimum Gasteiger partial charge on any atom is -0.379 e. The van der Waals surface area contributed by atoms with Crippen LogP contribution in [0, 0.1) is 20.8 Å². The standard InChI is InChI=1S/C24H29N3O2/c1-17-5-4-6-20(13-17)22-15-23(21-14-18(2)7-8-19(21)3)27(25-22)24(28)16-26-9-11-29-12-10-26/h4-8,13-14,23H,9-12,15-16H2,1-3H3/t23-/m1/s1. The number of hydrazone groups is 1. The van der Waals surface area contributed by atoms with Gasteiger partial charge in [-0.2, -0.15) is 5.10 Å². The molecule has 5 nitrogen and oxygen atoms in total. The second-order valence-electron chi connectivity index (χ2n) is 8.12. The predicted molar refractivity (Wildman–Crippen MR) is 115 cm³/mol.